The van der Waals surface area contributed by atoms with Gasteiger partial charge in [-0.25, -0.2) is 4.98 Å². The monoisotopic (exact) mass is 305 g/mol. The van der Waals surface area contributed by atoms with E-state index in [1.165, 1.54) is 18.2 Å². The first-order valence-electron chi connectivity index (χ1n) is 6.66. The van der Waals surface area contributed by atoms with E-state index in [0.29, 0.717) is 17.7 Å². The van der Waals surface area contributed by atoms with E-state index in [4.69, 9.17) is 5.73 Å². The molecule has 1 aromatic heterocycles. The number of hydrogen-bond donors (Lipinski definition) is 1. The molecule has 0 radical (unpaired) electrons. The van der Waals surface area contributed by atoms with Crippen molar-refractivity contribution < 1.29 is 13.2 Å². The van der Waals surface area contributed by atoms with E-state index in [1.54, 1.807) is 13.8 Å². The van der Waals surface area contributed by atoms with Crippen LogP contribution in [0.5, 0.6) is 0 Å². The van der Waals surface area contributed by atoms with Crippen LogP contribution in [0.4, 0.5) is 19.0 Å². The molecular formula is C16H14F3N3. The van der Waals surface area contributed by atoms with Gasteiger partial charge in [-0.3, -0.25) is 0 Å². The Hall–Kier alpha value is -2.55. The number of nitrogens with zero attached hydrogens (tertiary/aromatic N) is 2. The molecule has 0 saturated heterocycles. The molecule has 0 spiro atoms. The molecule has 6 heteroatoms. The first kappa shape index (κ1) is 15.8. The van der Waals surface area contributed by atoms with Crippen LogP contribution in [0.15, 0.2) is 24.3 Å². The minimum Gasteiger partial charge on any atom is -0.383 e. The number of hydrogen-bond acceptors (Lipinski definition) is 3. The highest BCUT2D eigenvalue weighted by Crippen LogP contribution is 2.40. The Balaban J connectivity index is 2.93. The fourth-order valence-corrected chi connectivity index (χ4v) is 2.56. The second-order valence-corrected chi connectivity index (χ2v) is 4.82. The fraction of sp³-hybridized carbons (Fsp3) is 0.250. The standard InChI is InChI=1S/C16H14F3N3/c1-3-10-9(2)22-15(21)12(8-20)14(10)11-6-4-5-7-13(11)16(17,18)19/h4-7H,3H2,1-2H3,(H2,21,22). The molecule has 0 saturated carbocycles. The van der Waals surface area contributed by atoms with Crippen LogP contribution in [0.25, 0.3) is 11.1 Å². The van der Waals surface area contributed by atoms with Gasteiger partial charge in [-0.1, -0.05) is 25.1 Å². The SMILES string of the molecule is CCc1c(C)nc(N)c(C#N)c1-c1ccccc1C(F)(F)F. The molecule has 2 N–H and O–H groups in total. The molecule has 2 aromatic rings. The van der Waals surface area contributed by atoms with Crippen LogP contribution in [0.1, 0.15) is 29.3 Å². The molecule has 0 fully saturated rings. The molecule has 0 unspecified atom stereocenters. The Morgan fingerprint density at radius 1 is 1.27 bits per heavy atom. The number of aromatic nitrogens is 1. The van der Waals surface area contributed by atoms with E-state index in [9.17, 15) is 18.4 Å². The number of benzene rings is 1. The molecule has 3 nitrogen and oxygen atoms in total. The van der Waals surface area contributed by atoms with Gasteiger partial charge in [0.1, 0.15) is 17.5 Å². The smallest absolute Gasteiger partial charge is 0.383 e. The van der Waals surface area contributed by atoms with Gasteiger partial charge in [-0.15, -0.1) is 0 Å². The number of nitriles is 1. The maximum Gasteiger partial charge on any atom is 0.417 e. The second-order valence-electron chi connectivity index (χ2n) is 4.82. The molecule has 0 aliphatic rings. The van der Waals surface area contributed by atoms with Crippen molar-refractivity contribution in [1.29, 1.82) is 5.26 Å². The van der Waals surface area contributed by atoms with Gasteiger partial charge in [0.15, 0.2) is 0 Å². The summed E-state index contributed by atoms with van der Waals surface area (Å²) in [4.78, 5) is 4.07. The molecule has 0 amide bonds. The number of alkyl halides is 3. The van der Waals surface area contributed by atoms with Crippen LogP contribution in [-0.2, 0) is 12.6 Å². The minimum absolute atomic E-state index is 0.0147. The third-order valence-electron chi connectivity index (χ3n) is 3.50. The number of nitrogen functional groups attached to an aromatic ring is 1. The van der Waals surface area contributed by atoms with Gasteiger partial charge in [0.2, 0.25) is 0 Å². The van der Waals surface area contributed by atoms with Crippen LogP contribution < -0.4 is 5.73 Å². The molecule has 1 heterocycles. The third-order valence-corrected chi connectivity index (χ3v) is 3.50. The zero-order valence-corrected chi connectivity index (χ0v) is 12.1. The van der Waals surface area contributed by atoms with Crippen molar-refractivity contribution in [2.75, 3.05) is 5.73 Å². The van der Waals surface area contributed by atoms with E-state index < -0.39 is 11.7 Å². The summed E-state index contributed by atoms with van der Waals surface area (Å²) in [5.74, 6) is -0.0517. The zero-order chi connectivity index (χ0) is 16.5. The van der Waals surface area contributed by atoms with Gasteiger partial charge < -0.3 is 5.73 Å². The highest BCUT2D eigenvalue weighted by atomic mass is 19.4. The van der Waals surface area contributed by atoms with E-state index in [0.717, 1.165) is 6.07 Å². The summed E-state index contributed by atoms with van der Waals surface area (Å²) < 4.78 is 39.8. The summed E-state index contributed by atoms with van der Waals surface area (Å²) in [5, 5.41) is 9.31. The first-order valence-corrected chi connectivity index (χ1v) is 6.66. The number of anilines is 1. The topological polar surface area (TPSA) is 62.7 Å². The molecule has 0 aliphatic carbocycles. The number of nitrogens with two attached hydrogens (primary N) is 1. The number of halogens is 3. The largest absolute Gasteiger partial charge is 0.417 e. The van der Waals surface area contributed by atoms with Crippen molar-refractivity contribution >= 4 is 5.82 Å². The van der Waals surface area contributed by atoms with Crippen LogP contribution >= 0.6 is 0 Å². The Morgan fingerprint density at radius 2 is 1.91 bits per heavy atom. The van der Waals surface area contributed by atoms with E-state index in [-0.39, 0.29) is 22.5 Å². The quantitative estimate of drug-likeness (QED) is 0.909. The second kappa shape index (κ2) is 5.68. The maximum absolute atomic E-state index is 13.3. The first-order chi connectivity index (χ1) is 10.3. The van der Waals surface area contributed by atoms with E-state index >= 15 is 0 Å². The van der Waals surface area contributed by atoms with E-state index in [1.807, 2.05) is 6.07 Å². The average molecular weight is 305 g/mol. The highest BCUT2D eigenvalue weighted by molar-refractivity contribution is 5.81. The van der Waals surface area contributed by atoms with Crippen LogP contribution in [-0.4, -0.2) is 4.98 Å². The van der Waals surface area contributed by atoms with Crippen LogP contribution in [0.2, 0.25) is 0 Å². The van der Waals surface area contributed by atoms with Crippen molar-refractivity contribution in [3.63, 3.8) is 0 Å². The van der Waals surface area contributed by atoms with Gasteiger partial charge in [-0.2, -0.15) is 18.4 Å². The van der Waals surface area contributed by atoms with Gasteiger partial charge in [0.05, 0.1) is 5.56 Å². The minimum atomic E-state index is -4.51. The van der Waals surface area contributed by atoms with Crippen molar-refractivity contribution in [1.82, 2.24) is 4.98 Å². The molecule has 2 rings (SSSR count). The summed E-state index contributed by atoms with van der Waals surface area (Å²) in [6.07, 6.45) is -4.06. The molecule has 0 bridgehead atoms. The normalized spacial score (nSPS) is 11.3. The van der Waals surface area contributed by atoms with Gasteiger partial charge in [-0.05, 0) is 30.5 Å². The predicted octanol–water partition coefficient (Wildman–Crippen LogP) is 4.09. The number of pyridine rings is 1. The number of aryl methyl sites for hydroxylation is 1. The van der Waals surface area contributed by atoms with Crippen molar-refractivity contribution in [3.8, 4) is 17.2 Å². The maximum atomic E-state index is 13.3. The lowest BCUT2D eigenvalue weighted by Gasteiger charge is -2.18. The Kier molecular flexibility index (Phi) is 4.09. The van der Waals surface area contributed by atoms with Crippen molar-refractivity contribution in [2.24, 2.45) is 0 Å². The summed E-state index contributed by atoms with van der Waals surface area (Å²) >= 11 is 0. The predicted molar refractivity (Wildman–Crippen MR) is 77.9 cm³/mol. The lowest BCUT2D eigenvalue weighted by atomic mass is 9.90. The van der Waals surface area contributed by atoms with Crippen LogP contribution in [0, 0.1) is 18.3 Å². The lowest BCUT2D eigenvalue weighted by Crippen LogP contribution is -2.10. The summed E-state index contributed by atoms with van der Waals surface area (Å²) in [7, 11) is 0. The molecule has 22 heavy (non-hydrogen) atoms. The zero-order valence-electron chi connectivity index (χ0n) is 12.1. The third kappa shape index (κ3) is 2.62. The van der Waals surface area contributed by atoms with Crippen molar-refractivity contribution in [3.05, 3.63) is 46.6 Å². The van der Waals surface area contributed by atoms with Crippen molar-refractivity contribution in [2.45, 2.75) is 26.4 Å². The molecule has 0 aliphatic heterocycles. The lowest BCUT2D eigenvalue weighted by molar-refractivity contribution is -0.137. The Labute approximate surface area is 126 Å². The van der Waals surface area contributed by atoms with E-state index in [2.05, 4.69) is 4.98 Å². The van der Waals surface area contributed by atoms with Gasteiger partial charge >= 0.3 is 6.18 Å². The number of rotatable bonds is 2. The summed E-state index contributed by atoms with van der Waals surface area (Å²) in [5.41, 5.74) is 6.25. The summed E-state index contributed by atoms with van der Waals surface area (Å²) in [6, 6.07) is 7.08. The molecular weight excluding hydrogens is 291 g/mol. The average Bonchev–Trinajstić information content (AvgIpc) is 2.45. The summed E-state index contributed by atoms with van der Waals surface area (Å²) in [6.45, 7) is 3.48. The molecule has 0 atom stereocenters. The Morgan fingerprint density at radius 3 is 2.45 bits per heavy atom. The highest BCUT2D eigenvalue weighted by Gasteiger charge is 2.34. The Bertz CT molecular complexity index is 758. The van der Waals surface area contributed by atoms with Gasteiger partial charge in [0, 0.05) is 11.3 Å². The molecule has 1 aromatic carbocycles. The van der Waals surface area contributed by atoms with Crippen LogP contribution in [0.3, 0.4) is 0 Å². The van der Waals surface area contributed by atoms with Gasteiger partial charge in [0.25, 0.3) is 0 Å². The molecule has 114 valence electrons. The fourth-order valence-electron chi connectivity index (χ4n) is 2.56.